The molecule has 32 heavy (non-hydrogen) atoms. The number of benzene rings is 1. The third-order valence-electron chi connectivity index (χ3n) is 7.03. The Labute approximate surface area is 194 Å². The first kappa shape index (κ1) is 21.6. The van der Waals surface area contributed by atoms with Gasteiger partial charge in [-0.1, -0.05) is 25.1 Å². The summed E-state index contributed by atoms with van der Waals surface area (Å²) in [6.45, 7) is 10.7. The van der Waals surface area contributed by atoms with Crippen LogP contribution in [-0.2, 0) is 25.9 Å². The van der Waals surface area contributed by atoms with Gasteiger partial charge in [0.15, 0.2) is 0 Å². The maximum absolute atomic E-state index is 8.83. The quantitative estimate of drug-likeness (QED) is 0.626. The molecule has 4 heterocycles. The highest BCUT2D eigenvalue weighted by atomic mass is 32.1. The molecule has 0 spiro atoms. The topological polar surface area (TPSA) is 51.4 Å². The lowest BCUT2D eigenvalue weighted by molar-refractivity contribution is 0.249. The van der Waals surface area contributed by atoms with E-state index in [4.69, 9.17) is 10.4 Å². The van der Waals surface area contributed by atoms with E-state index in [1.807, 2.05) is 6.33 Å². The van der Waals surface area contributed by atoms with Gasteiger partial charge in [0.2, 0.25) is 0 Å². The molecular formula is C25H34N6S. The maximum atomic E-state index is 8.83. The van der Waals surface area contributed by atoms with Gasteiger partial charge in [-0.3, -0.25) is 10.3 Å². The van der Waals surface area contributed by atoms with Crippen LogP contribution in [0.5, 0.6) is 0 Å². The zero-order chi connectivity index (χ0) is 22.1. The molecule has 2 aliphatic heterocycles. The van der Waals surface area contributed by atoms with Crippen LogP contribution in [0.1, 0.15) is 29.3 Å². The zero-order valence-electron chi connectivity index (χ0n) is 19.3. The summed E-state index contributed by atoms with van der Waals surface area (Å²) < 4.78 is 2.06. The number of fused-ring (bicyclic) bond motifs is 3. The number of piperazine rings is 1. The smallest absolute Gasteiger partial charge is 0.136 e. The number of hydrogen-bond acceptors (Lipinski definition) is 6. The SMILES string of the molecule is CCc1ccccc1N1CCN(CCCn2cnc3sc4c(c3c2=N)CCN(C)C4)CC1. The number of thiophene rings is 1. The number of para-hydroxylation sites is 1. The fourth-order valence-corrected chi connectivity index (χ4v) is 6.41. The van der Waals surface area contributed by atoms with E-state index >= 15 is 0 Å². The van der Waals surface area contributed by atoms with Crippen molar-refractivity contribution in [3.05, 3.63) is 52.1 Å². The average molecular weight is 451 g/mol. The molecule has 2 aromatic heterocycles. The molecule has 0 aliphatic carbocycles. The van der Waals surface area contributed by atoms with E-state index in [1.54, 1.807) is 11.3 Å². The van der Waals surface area contributed by atoms with Crippen molar-refractivity contribution >= 4 is 27.2 Å². The molecule has 6 nitrogen and oxygen atoms in total. The van der Waals surface area contributed by atoms with E-state index in [1.165, 1.54) is 21.7 Å². The van der Waals surface area contributed by atoms with Crippen LogP contribution in [0.15, 0.2) is 30.6 Å². The van der Waals surface area contributed by atoms with Gasteiger partial charge < -0.3 is 14.4 Å². The zero-order valence-corrected chi connectivity index (χ0v) is 20.1. The molecule has 170 valence electrons. The van der Waals surface area contributed by atoms with Crippen molar-refractivity contribution in [1.82, 2.24) is 19.4 Å². The highest BCUT2D eigenvalue weighted by molar-refractivity contribution is 7.18. The van der Waals surface area contributed by atoms with Crippen LogP contribution in [0, 0.1) is 5.41 Å². The molecule has 0 atom stereocenters. The number of anilines is 1. The number of aromatic nitrogens is 2. The molecule has 3 aromatic rings. The van der Waals surface area contributed by atoms with Gasteiger partial charge in [-0.2, -0.15) is 0 Å². The van der Waals surface area contributed by atoms with Crippen molar-refractivity contribution < 1.29 is 0 Å². The van der Waals surface area contributed by atoms with Crippen molar-refractivity contribution in [2.75, 3.05) is 51.2 Å². The first-order chi connectivity index (χ1) is 15.6. The van der Waals surface area contributed by atoms with Crippen molar-refractivity contribution in [3.63, 3.8) is 0 Å². The summed E-state index contributed by atoms with van der Waals surface area (Å²) in [6, 6.07) is 8.83. The van der Waals surface area contributed by atoms with E-state index < -0.39 is 0 Å². The van der Waals surface area contributed by atoms with E-state index in [0.29, 0.717) is 5.49 Å². The highest BCUT2D eigenvalue weighted by Crippen LogP contribution is 2.31. The molecule has 1 N–H and O–H groups in total. The molecule has 0 amide bonds. The Morgan fingerprint density at radius 3 is 2.69 bits per heavy atom. The minimum absolute atomic E-state index is 0.651. The van der Waals surface area contributed by atoms with Gasteiger partial charge in [-0.15, -0.1) is 11.3 Å². The van der Waals surface area contributed by atoms with Gasteiger partial charge in [0.25, 0.3) is 0 Å². The number of rotatable bonds is 6. The van der Waals surface area contributed by atoms with Gasteiger partial charge in [0.1, 0.15) is 10.3 Å². The second-order valence-corrected chi connectivity index (χ2v) is 10.2. The predicted octanol–water partition coefficient (Wildman–Crippen LogP) is 3.34. The fourth-order valence-electron chi connectivity index (χ4n) is 5.14. The molecule has 0 radical (unpaired) electrons. The van der Waals surface area contributed by atoms with Crippen LogP contribution in [0.2, 0.25) is 0 Å². The largest absolute Gasteiger partial charge is 0.369 e. The summed E-state index contributed by atoms with van der Waals surface area (Å²) in [5, 5.41) is 9.93. The number of nitrogens with zero attached hydrogens (tertiary/aromatic N) is 5. The second kappa shape index (κ2) is 9.33. The third kappa shape index (κ3) is 4.21. The van der Waals surface area contributed by atoms with E-state index in [9.17, 15) is 0 Å². The summed E-state index contributed by atoms with van der Waals surface area (Å²) in [7, 11) is 2.17. The number of hydrogen-bond donors (Lipinski definition) is 1. The summed E-state index contributed by atoms with van der Waals surface area (Å²) in [5.41, 5.74) is 4.88. The normalized spacial score (nSPS) is 17.8. The Bertz CT molecular complexity index is 1140. The highest BCUT2D eigenvalue weighted by Gasteiger charge is 2.21. The summed E-state index contributed by atoms with van der Waals surface area (Å²) >= 11 is 1.77. The second-order valence-electron chi connectivity index (χ2n) is 9.12. The Morgan fingerprint density at radius 2 is 1.88 bits per heavy atom. The average Bonchev–Trinajstić information content (AvgIpc) is 3.19. The van der Waals surface area contributed by atoms with Crippen LogP contribution in [0.25, 0.3) is 10.2 Å². The maximum Gasteiger partial charge on any atom is 0.136 e. The molecule has 0 unspecified atom stereocenters. The lowest BCUT2D eigenvalue weighted by Crippen LogP contribution is -2.47. The van der Waals surface area contributed by atoms with E-state index in [0.717, 1.165) is 81.8 Å². The molecular weight excluding hydrogens is 416 g/mol. The first-order valence-corrected chi connectivity index (χ1v) is 12.7. The number of aryl methyl sites for hydroxylation is 2. The lowest BCUT2D eigenvalue weighted by Gasteiger charge is -2.37. The van der Waals surface area contributed by atoms with Crippen LogP contribution in [0.3, 0.4) is 0 Å². The molecule has 1 aromatic carbocycles. The van der Waals surface area contributed by atoms with Crippen LogP contribution < -0.4 is 10.4 Å². The molecule has 5 rings (SSSR count). The van der Waals surface area contributed by atoms with Crippen LogP contribution in [0.4, 0.5) is 5.69 Å². The fraction of sp³-hybridized carbons (Fsp3) is 0.520. The lowest BCUT2D eigenvalue weighted by atomic mass is 10.1. The minimum atomic E-state index is 0.651. The van der Waals surface area contributed by atoms with Gasteiger partial charge in [0, 0.05) is 56.4 Å². The Balaban J connectivity index is 1.19. The van der Waals surface area contributed by atoms with Gasteiger partial charge in [0.05, 0.1) is 11.7 Å². The third-order valence-corrected chi connectivity index (χ3v) is 8.15. The predicted molar refractivity (Wildman–Crippen MR) is 133 cm³/mol. The van der Waals surface area contributed by atoms with Crippen molar-refractivity contribution in [2.24, 2.45) is 0 Å². The summed E-state index contributed by atoms with van der Waals surface area (Å²) in [5.74, 6) is 0. The van der Waals surface area contributed by atoms with Crippen molar-refractivity contribution in [3.8, 4) is 0 Å². The Kier molecular flexibility index (Phi) is 6.31. The minimum Gasteiger partial charge on any atom is -0.369 e. The molecule has 0 saturated carbocycles. The number of likely N-dealkylation sites (N-methyl/N-ethyl adjacent to an activating group) is 1. The molecule has 1 fully saturated rings. The van der Waals surface area contributed by atoms with Crippen molar-refractivity contribution in [1.29, 1.82) is 5.41 Å². The Morgan fingerprint density at radius 1 is 1.06 bits per heavy atom. The Hall–Kier alpha value is -2.22. The summed E-state index contributed by atoms with van der Waals surface area (Å²) in [4.78, 5) is 14.6. The van der Waals surface area contributed by atoms with Crippen molar-refractivity contribution in [2.45, 2.75) is 39.3 Å². The monoisotopic (exact) mass is 450 g/mol. The molecule has 0 bridgehead atoms. The van der Waals surface area contributed by atoms with Gasteiger partial charge >= 0.3 is 0 Å². The van der Waals surface area contributed by atoms with Gasteiger partial charge in [-0.25, -0.2) is 4.98 Å². The number of nitrogens with one attached hydrogen (secondary N) is 1. The molecule has 1 saturated heterocycles. The standard InChI is InChI=1S/C25H34N6S/c1-3-19-7-4-5-8-21(19)30-15-13-29(14-16-30)10-6-11-31-18-27-25-23(24(31)26)20-9-12-28(2)17-22(20)32-25/h4-5,7-8,18,26H,3,6,9-17H2,1-2H3. The van der Waals surface area contributed by atoms with Gasteiger partial charge in [-0.05, 0) is 50.0 Å². The van der Waals surface area contributed by atoms with Crippen LogP contribution >= 0.6 is 11.3 Å². The molecule has 2 aliphatic rings. The summed E-state index contributed by atoms with van der Waals surface area (Å²) in [6.07, 6.45) is 5.07. The van der Waals surface area contributed by atoms with E-state index in [2.05, 4.69) is 57.5 Å². The van der Waals surface area contributed by atoms with E-state index in [-0.39, 0.29) is 0 Å². The first-order valence-electron chi connectivity index (χ1n) is 11.9. The molecule has 7 heteroatoms. The van der Waals surface area contributed by atoms with Crippen LogP contribution in [-0.4, -0.2) is 65.7 Å².